The molecule has 0 saturated carbocycles. The van der Waals surface area contributed by atoms with Gasteiger partial charge >= 0.3 is 0 Å². The van der Waals surface area contributed by atoms with Crippen LogP contribution in [0.2, 0.25) is 0 Å². The van der Waals surface area contributed by atoms with Crippen molar-refractivity contribution in [3.63, 3.8) is 0 Å². The number of likely N-dealkylation sites (N-methyl/N-ethyl adjacent to an activating group) is 1. The molecule has 3 rings (SSSR count). The van der Waals surface area contributed by atoms with Crippen molar-refractivity contribution in [3.05, 3.63) is 35.4 Å². The number of aliphatic imine (C=N–C) groups is 1. The Balaban J connectivity index is 0.00000225. The minimum atomic E-state index is 0. The Morgan fingerprint density at radius 3 is 2.88 bits per heavy atom. The normalized spacial score (nSPS) is 21.6. The third-order valence-electron chi connectivity index (χ3n) is 5.32. The lowest BCUT2D eigenvalue weighted by atomic mass is 10.00. The van der Waals surface area contributed by atoms with Crippen LogP contribution >= 0.6 is 24.0 Å². The Hall–Kier alpha value is -0.860. The van der Waals surface area contributed by atoms with E-state index in [-0.39, 0.29) is 24.0 Å². The first kappa shape index (κ1) is 20.5. The van der Waals surface area contributed by atoms with Gasteiger partial charge in [-0.2, -0.15) is 0 Å². The summed E-state index contributed by atoms with van der Waals surface area (Å²) in [7, 11) is 0. The lowest BCUT2D eigenvalue weighted by Gasteiger charge is -2.28. The average molecular weight is 457 g/mol. The van der Waals surface area contributed by atoms with Gasteiger partial charge in [-0.25, -0.2) is 0 Å². The van der Waals surface area contributed by atoms with Gasteiger partial charge in [-0.15, -0.1) is 24.0 Å². The van der Waals surface area contributed by atoms with Crippen molar-refractivity contribution >= 4 is 29.9 Å². The van der Waals surface area contributed by atoms with Gasteiger partial charge in [-0.05, 0) is 43.5 Å². The zero-order chi connectivity index (χ0) is 16.8. The number of fused-ring (bicyclic) bond motifs is 1. The highest BCUT2D eigenvalue weighted by Gasteiger charge is 2.22. The molecule has 1 atom stereocenters. The standard InChI is InChI=1S/C19H31N5.HI/c1-2-24-11-5-8-18(24)14-22-19(20)21-10-13-23-12-9-16-6-3-4-7-17(16)15-23;/h3-4,6-7,18H,2,5,8-15H2,1H3,(H3,20,21,22);1H. The molecule has 1 saturated heterocycles. The van der Waals surface area contributed by atoms with Crippen LogP contribution in [0.15, 0.2) is 29.3 Å². The van der Waals surface area contributed by atoms with Crippen LogP contribution in [0, 0.1) is 0 Å². The molecule has 2 aliphatic rings. The molecule has 0 aliphatic carbocycles. The third kappa shape index (κ3) is 5.82. The first-order valence-electron chi connectivity index (χ1n) is 9.33. The summed E-state index contributed by atoms with van der Waals surface area (Å²) in [5.41, 5.74) is 9.00. The number of halogens is 1. The fraction of sp³-hybridized carbons (Fsp3) is 0.632. The van der Waals surface area contributed by atoms with Crippen LogP contribution in [-0.2, 0) is 13.0 Å². The summed E-state index contributed by atoms with van der Waals surface area (Å²) in [5, 5.41) is 3.28. The number of likely N-dealkylation sites (tertiary alicyclic amines) is 1. The second kappa shape index (κ2) is 10.3. The van der Waals surface area contributed by atoms with Gasteiger partial charge in [0, 0.05) is 32.2 Å². The molecule has 2 aliphatic heterocycles. The van der Waals surface area contributed by atoms with E-state index in [4.69, 9.17) is 5.73 Å². The van der Waals surface area contributed by atoms with Crippen molar-refractivity contribution in [1.29, 1.82) is 0 Å². The molecule has 0 amide bonds. The number of rotatable bonds is 6. The second-order valence-corrected chi connectivity index (χ2v) is 6.87. The van der Waals surface area contributed by atoms with Gasteiger partial charge in [-0.1, -0.05) is 31.2 Å². The van der Waals surface area contributed by atoms with Crippen LogP contribution in [-0.4, -0.2) is 61.1 Å². The van der Waals surface area contributed by atoms with Crippen LogP contribution in [0.4, 0.5) is 0 Å². The van der Waals surface area contributed by atoms with Gasteiger partial charge in [0.1, 0.15) is 0 Å². The molecule has 25 heavy (non-hydrogen) atoms. The van der Waals surface area contributed by atoms with Crippen LogP contribution in [0.5, 0.6) is 0 Å². The molecule has 3 N–H and O–H groups in total. The van der Waals surface area contributed by atoms with Crippen molar-refractivity contribution in [2.45, 2.75) is 38.8 Å². The van der Waals surface area contributed by atoms with E-state index < -0.39 is 0 Å². The molecule has 1 aromatic carbocycles. The number of nitrogens with two attached hydrogens (primary N) is 1. The van der Waals surface area contributed by atoms with E-state index in [0.717, 1.165) is 45.7 Å². The molecule has 0 aromatic heterocycles. The molecule has 1 unspecified atom stereocenters. The Labute approximate surface area is 169 Å². The number of benzene rings is 1. The molecular formula is C19H32IN5. The molecule has 6 heteroatoms. The number of hydrogen-bond donors (Lipinski definition) is 2. The molecule has 2 heterocycles. The summed E-state index contributed by atoms with van der Waals surface area (Å²) >= 11 is 0. The predicted molar refractivity (Wildman–Crippen MR) is 116 cm³/mol. The molecule has 0 radical (unpaired) electrons. The van der Waals surface area contributed by atoms with Crippen LogP contribution in [0.3, 0.4) is 0 Å². The fourth-order valence-electron chi connectivity index (χ4n) is 3.86. The highest BCUT2D eigenvalue weighted by molar-refractivity contribution is 14.0. The van der Waals surface area contributed by atoms with E-state index in [1.54, 1.807) is 0 Å². The van der Waals surface area contributed by atoms with Gasteiger partial charge in [0.15, 0.2) is 5.96 Å². The van der Waals surface area contributed by atoms with E-state index in [9.17, 15) is 0 Å². The maximum atomic E-state index is 6.03. The third-order valence-corrected chi connectivity index (χ3v) is 5.32. The van der Waals surface area contributed by atoms with E-state index in [1.165, 1.54) is 30.5 Å². The van der Waals surface area contributed by atoms with E-state index in [1.807, 2.05) is 0 Å². The van der Waals surface area contributed by atoms with Crippen molar-refractivity contribution in [1.82, 2.24) is 15.1 Å². The predicted octanol–water partition coefficient (Wildman–Crippen LogP) is 2.05. The van der Waals surface area contributed by atoms with Crippen molar-refractivity contribution in [2.75, 3.05) is 39.3 Å². The summed E-state index contributed by atoms with van der Waals surface area (Å²) in [6.07, 6.45) is 3.68. The number of nitrogens with one attached hydrogen (secondary N) is 1. The van der Waals surface area contributed by atoms with E-state index >= 15 is 0 Å². The Bertz CT molecular complexity index is 563. The summed E-state index contributed by atoms with van der Waals surface area (Å²) in [5.74, 6) is 0.593. The summed E-state index contributed by atoms with van der Waals surface area (Å²) in [4.78, 5) is 9.53. The topological polar surface area (TPSA) is 56.9 Å². The lowest BCUT2D eigenvalue weighted by molar-refractivity contribution is 0.258. The van der Waals surface area contributed by atoms with Gasteiger partial charge in [0.2, 0.25) is 0 Å². The average Bonchev–Trinajstić information content (AvgIpc) is 3.07. The number of nitrogens with zero attached hydrogens (tertiary/aromatic N) is 3. The Kier molecular flexibility index (Phi) is 8.45. The zero-order valence-electron chi connectivity index (χ0n) is 15.3. The van der Waals surface area contributed by atoms with Gasteiger partial charge in [-0.3, -0.25) is 14.8 Å². The van der Waals surface area contributed by atoms with Crippen LogP contribution in [0.25, 0.3) is 0 Å². The summed E-state index contributed by atoms with van der Waals surface area (Å²) in [6, 6.07) is 9.34. The quantitative estimate of drug-likeness (QED) is 0.390. The second-order valence-electron chi connectivity index (χ2n) is 6.87. The highest BCUT2D eigenvalue weighted by atomic mass is 127. The smallest absolute Gasteiger partial charge is 0.188 e. The lowest BCUT2D eigenvalue weighted by Crippen LogP contribution is -2.41. The zero-order valence-corrected chi connectivity index (χ0v) is 17.6. The first-order valence-corrected chi connectivity index (χ1v) is 9.33. The van der Waals surface area contributed by atoms with E-state index in [0.29, 0.717) is 12.0 Å². The van der Waals surface area contributed by atoms with Crippen LogP contribution < -0.4 is 11.1 Å². The van der Waals surface area contributed by atoms with Gasteiger partial charge in [0.25, 0.3) is 0 Å². The van der Waals surface area contributed by atoms with Crippen molar-refractivity contribution in [2.24, 2.45) is 10.7 Å². The minimum Gasteiger partial charge on any atom is -0.370 e. The van der Waals surface area contributed by atoms with Crippen molar-refractivity contribution < 1.29 is 0 Å². The van der Waals surface area contributed by atoms with Crippen LogP contribution in [0.1, 0.15) is 30.9 Å². The summed E-state index contributed by atoms with van der Waals surface area (Å²) in [6.45, 7) is 9.41. The maximum Gasteiger partial charge on any atom is 0.188 e. The first-order chi connectivity index (χ1) is 11.8. The molecule has 1 fully saturated rings. The SMILES string of the molecule is CCN1CCCC1CN=C(N)NCCN1CCc2ccccc2C1.I. The largest absolute Gasteiger partial charge is 0.370 e. The fourth-order valence-corrected chi connectivity index (χ4v) is 3.86. The Morgan fingerprint density at radius 2 is 2.08 bits per heavy atom. The molecule has 0 spiro atoms. The van der Waals surface area contributed by atoms with Gasteiger partial charge < -0.3 is 11.1 Å². The molecule has 5 nitrogen and oxygen atoms in total. The number of hydrogen-bond acceptors (Lipinski definition) is 3. The summed E-state index contributed by atoms with van der Waals surface area (Å²) < 4.78 is 0. The molecule has 1 aromatic rings. The van der Waals surface area contributed by atoms with Gasteiger partial charge in [0.05, 0.1) is 6.54 Å². The Morgan fingerprint density at radius 1 is 1.28 bits per heavy atom. The highest BCUT2D eigenvalue weighted by Crippen LogP contribution is 2.18. The van der Waals surface area contributed by atoms with E-state index in [2.05, 4.69) is 51.3 Å². The molecule has 140 valence electrons. The molecule has 0 bridgehead atoms. The minimum absolute atomic E-state index is 0. The van der Waals surface area contributed by atoms with Crippen molar-refractivity contribution in [3.8, 4) is 0 Å². The maximum absolute atomic E-state index is 6.03. The number of guanidine groups is 1. The monoisotopic (exact) mass is 457 g/mol. The molecular weight excluding hydrogens is 425 g/mol.